The number of hydrogen-bond acceptors (Lipinski definition) is 5. The topological polar surface area (TPSA) is 62.2 Å². The molecule has 0 radical (unpaired) electrons. The first-order valence-electron chi connectivity index (χ1n) is 6.55. The fourth-order valence-electron chi connectivity index (χ4n) is 1.89. The van der Waals surface area contributed by atoms with Crippen LogP contribution in [0.25, 0.3) is 20.1 Å². The zero-order valence-electron chi connectivity index (χ0n) is 11.4. The lowest BCUT2D eigenvalue weighted by molar-refractivity contribution is 0.0926. The lowest BCUT2D eigenvalue weighted by Crippen LogP contribution is -2.34. The Hall–Kier alpha value is -1.76. The van der Waals surface area contributed by atoms with Crippen LogP contribution in [-0.4, -0.2) is 28.6 Å². The molecule has 1 aromatic carbocycles. The van der Waals surface area contributed by atoms with Crippen molar-refractivity contribution in [1.29, 1.82) is 0 Å². The molecule has 1 unspecified atom stereocenters. The number of aliphatic hydroxyl groups excluding tert-OH is 1. The van der Waals surface area contributed by atoms with E-state index in [1.807, 2.05) is 30.3 Å². The summed E-state index contributed by atoms with van der Waals surface area (Å²) in [5.41, 5.74) is 0.978. The maximum absolute atomic E-state index is 12.0. The van der Waals surface area contributed by atoms with Crippen LogP contribution in [0.2, 0.25) is 0 Å². The number of para-hydroxylation sites is 1. The lowest BCUT2D eigenvalue weighted by atomic mass is 10.3. The number of nitrogens with zero attached hydrogens (tertiary/aromatic N) is 1. The van der Waals surface area contributed by atoms with Gasteiger partial charge < -0.3 is 10.4 Å². The summed E-state index contributed by atoms with van der Waals surface area (Å²) in [5, 5.41) is 12.6. The van der Waals surface area contributed by atoms with Crippen LogP contribution in [0.3, 0.4) is 0 Å². The van der Waals surface area contributed by atoms with Crippen molar-refractivity contribution >= 4 is 38.8 Å². The Balaban J connectivity index is 1.85. The average Bonchev–Trinajstić information content (AvgIpc) is 3.13. The molecule has 2 N–H and O–H groups in total. The van der Waals surface area contributed by atoms with Crippen LogP contribution in [0.5, 0.6) is 0 Å². The molecule has 0 saturated carbocycles. The normalized spacial score (nSPS) is 12.5. The van der Waals surface area contributed by atoms with Gasteiger partial charge in [-0.05, 0) is 31.2 Å². The highest BCUT2D eigenvalue weighted by Gasteiger charge is 2.14. The van der Waals surface area contributed by atoms with Crippen LogP contribution in [0, 0.1) is 0 Å². The molecule has 0 spiro atoms. The number of nitrogens with one attached hydrogen (secondary N) is 1. The Morgan fingerprint density at radius 1 is 1.29 bits per heavy atom. The van der Waals surface area contributed by atoms with Crippen molar-refractivity contribution in [3.63, 3.8) is 0 Å². The molecule has 6 heteroatoms. The van der Waals surface area contributed by atoms with Gasteiger partial charge in [0.2, 0.25) is 0 Å². The molecule has 0 aliphatic heterocycles. The van der Waals surface area contributed by atoms with Crippen molar-refractivity contribution < 1.29 is 9.90 Å². The number of carbonyl (C=O) groups excluding carboxylic acids is 1. The van der Waals surface area contributed by atoms with Crippen molar-refractivity contribution in [3.05, 3.63) is 41.3 Å². The van der Waals surface area contributed by atoms with Crippen molar-refractivity contribution in [2.45, 2.75) is 13.0 Å². The number of rotatable bonds is 4. The van der Waals surface area contributed by atoms with Crippen LogP contribution in [0.4, 0.5) is 0 Å². The van der Waals surface area contributed by atoms with Crippen molar-refractivity contribution in [1.82, 2.24) is 10.3 Å². The first-order valence-corrected chi connectivity index (χ1v) is 8.18. The van der Waals surface area contributed by atoms with Gasteiger partial charge in [0.25, 0.3) is 5.91 Å². The van der Waals surface area contributed by atoms with Gasteiger partial charge in [-0.3, -0.25) is 4.79 Å². The summed E-state index contributed by atoms with van der Waals surface area (Å²) in [4.78, 5) is 18.2. The number of aliphatic hydroxyl groups is 1. The minimum atomic E-state index is -0.245. The van der Waals surface area contributed by atoms with Gasteiger partial charge in [0, 0.05) is 6.04 Å². The van der Waals surface area contributed by atoms with E-state index >= 15 is 0 Å². The van der Waals surface area contributed by atoms with Crippen LogP contribution in [0.1, 0.15) is 16.6 Å². The lowest BCUT2D eigenvalue weighted by Gasteiger charge is -2.08. The van der Waals surface area contributed by atoms with Crippen LogP contribution < -0.4 is 5.32 Å². The minimum absolute atomic E-state index is 0.0676. The highest BCUT2D eigenvalue weighted by Crippen LogP contribution is 2.34. The zero-order valence-corrected chi connectivity index (χ0v) is 13.0. The molecule has 1 atom stereocenters. The van der Waals surface area contributed by atoms with Crippen molar-refractivity contribution in [2.75, 3.05) is 6.61 Å². The molecule has 3 rings (SSSR count). The third-order valence-corrected chi connectivity index (χ3v) is 5.28. The first-order chi connectivity index (χ1) is 10.2. The summed E-state index contributed by atoms with van der Waals surface area (Å²) in [6.45, 7) is 1.70. The van der Waals surface area contributed by atoms with E-state index in [0.717, 1.165) is 20.1 Å². The molecule has 3 aromatic rings. The molecule has 0 bridgehead atoms. The molecule has 108 valence electrons. The van der Waals surface area contributed by atoms with E-state index in [9.17, 15) is 4.79 Å². The summed E-state index contributed by atoms with van der Waals surface area (Å²) in [7, 11) is 0. The Kier molecular flexibility index (Phi) is 4.01. The number of thiophene rings is 1. The molecule has 21 heavy (non-hydrogen) atoms. The smallest absolute Gasteiger partial charge is 0.261 e. The quantitative estimate of drug-likeness (QED) is 0.777. The second kappa shape index (κ2) is 5.93. The second-order valence-corrected chi connectivity index (χ2v) is 6.82. The molecular formula is C15H14N2O2S2. The van der Waals surface area contributed by atoms with Crippen LogP contribution >= 0.6 is 22.7 Å². The Bertz CT molecular complexity index is 746. The van der Waals surface area contributed by atoms with Gasteiger partial charge in [0.1, 0.15) is 5.01 Å². The van der Waals surface area contributed by atoms with Crippen molar-refractivity contribution in [2.24, 2.45) is 0 Å². The van der Waals surface area contributed by atoms with E-state index in [4.69, 9.17) is 5.11 Å². The molecule has 0 fully saturated rings. The highest BCUT2D eigenvalue weighted by atomic mass is 32.1. The minimum Gasteiger partial charge on any atom is -0.394 e. The molecule has 0 aliphatic rings. The molecule has 1 amide bonds. The van der Waals surface area contributed by atoms with E-state index in [1.54, 1.807) is 24.3 Å². The Morgan fingerprint density at radius 3 is 2.86 bits per heavy atom. The number of carbonyl (C=O) groups is 1. The second-order valence-electron chi connectivity index (χ2n) is 4.71. The summed E-state index contributed by atoms with van der Waals surface area (Å²) in [6, 6.07) is 11.5. The molecule has 4 nitrogen and oxygen atoms in total. The van der Waals surface area contributed by atoms with Gasteiger partial charge in [-0.15, -0.1) is 22.7 Å². The standard InChI is InChI=1S/C15H14N2O2S2/c1-9(8-18)16-14(19)12-6-7-13(20-12)15-17-10-4-2-3-5-11(10)21-15/h2-7,9,18H,8H2,1H3,(H,16,19). The third kappa shape index (κ3) is 2.97. The Morgan fingerprint density at radius 2 is 2.10 bits per heavy atom. The predicted molar refractivity (Wildman–Crippen MR) is 86.9 cm³/mol. The first kappa shape index (κ1) is 14.2. The Labute approximate surface area is 130 Å². The number of hydrogen-bond donors (Lipinski definition) is 2. The maximum atomic E-state index is 12.0. The largest absolute Gasteiger partial charge is 0.394 e. The van der Waals surface area contributed by atoms with E-state index in [-0.39, 0.29) is 18.6 Å². The number of thiazole rings is 1. The fourth-order valence-corrected chi connectivity index (χ4v) is 3.82. The van der Waals surface area contributed by atoms with Gasteiger partial charge in [-0.1, -0.05) is 12.1 Å². The molecule has 2 heterocycles. The van der Waals surface area contributed by atoms with E-state index < -0.39 is 0 Å². The van der Waals surface area contributed by atoms with E-state index in [1.165, 1.54) is 11.3 Å². The summed E-state index contributed by atoms with van der Waals surface area (Å²) >= 11 is 3.04. The molecule has 0 saturated heterocycles. The van der Waals surface area contributed by atoms with Gasteiger partial charge in [0.05, 0.1) is 26.6 Å². The monoisotopic (exact) mass is 318 g/mol. The zero-order chi connectivity index (χ0) is 14.8. The molecule has 0 aliphatic carbocycles. The van der Waals surface area contributed by atoms with Gasteiger partial charge in [-0.2, -0.15) is 0 Å². The van der Waals surface area contributed by atoms with E-state index in [2.05, 4.69) is 10.3 Å². The maximum Gasteiger partial charge on any atom is 0.261 e. The highest BCUT2D eigenvalue weighted by molar-refractivity contribution is 7.26. The van der Waals surface area contributed by atoms with Crippen LogP contribution in [0.15, 0.2) is 36.4 Å². The summed E-state index contributed by atoms with van der Waals surface area (Å²) in [6.07, 6.45) is 0. The SMILES string of the molecule is CC(CO)NC(=O)c1ccc(-c2nc3ccccc3s2)s1. The summed E-state index contributed by atoms with van der Waals surface area (Å²) in [5.74, 6) is -0.158. The van der Waals surface area contributed by atoms with Gasteiger partial charge in [-0.25, -0.2) is 4.98 Å². The number of amides is 1. The van der Waals surface area contributed by atoms with Gasteiger partial charge >= 0.3 is 0 Å². The molecule has 2 aromatic heterocycles. The number of aromatic nitrogens is 1. The van der Waals surface area contributed by atoms with E-state index in [0.29, 0.717) is 4.88 Å². The number of benzene rings is 1. The average molecular weight is 318 g/mol. The predicted octanol–water partition coefficient (Wildman–Crippen LogP) is 3.14. The summed E-state index contributed by atoms with van der Waals surface area (Å²) < 4.78 is 1.14. The third-order valence-electron chi connectivity index (χ3n) is 2.99. The van der Waals surface area contributed by atoms with Gasteiger partial charge in [0.15, 0.2) is 0 Å². The number of fused-ring (bicyclic) bond motifs is 1. The fraction of sp³-hybridized carbons (Fsp3) is 0.200. The van der Waals surface area contributed by atoms with Crippen molar-refractivity contribution in [3.8, 4) is 9.88 Å². The van der Waals surface area contributed by atoms with Crippen LogP contribution in [-0.2, 0) is 0 Å². The molecular weight excluding hydrogens is 304 g/mol.